The second-order valence-electron chi connectivity index (χ2n) is 4.32. The van der Waals surface area contributed by atoms with Crippen molar-refractivity contribution in [2.24, 2.45) is 0 Å². The number of nitrogens with one attached hydrogen (secondary N) is 1. The molecule has 0 bridgehead atoms. The molecule has 1 aliphatic heterocycles. The predicted octanol–water partition coefficient (Wildman–Crippen LogP) is 4.44. The minimum Gasteiger partial charge on any atom is -0.377 e. The van der Waals surface area contributed by atoms with Gasteiger partial charge in [0.2, 0.25) is 0 Å². The summed E-state index contributed by atoms with van der Waals surface area (Å²) in [5, 5.41) is 3.16. The van der Waals surface area contributed by atoms with Gasteiger partial charge >= 0.3 is 0 Å². The van der Waals surface area contributed by atoms with E-state index in [9.17, 15) is 8.78 Å². The second kappa shape index (κ2) is 4.35. The van der Waals surface area contributed by atoms with Crippen LogP contribution in [0.5, 0.6) is 0 Å². The number of hydrogen-bond acceptors (Lipinski definition) is 1. The first-order valence-electron chi connectivity index (χ1n) is 5.64. The molecule has 1 atom stereocenters. The van der Waals surface area contributed by atoms with Crippen LogP contribution in [0.25, 0.3) is 0 Å². The summed E-state index contributed by atoms with van der Waals surface area (Å²) in [4.78, 5) is 0. The lowest BCUT2D eigenvalue weighted by Crippen LogP contribution is -2.11. The Labute approximate surface area is 112 Å². The number of halogens is 3. The largest absolute Gasteiger partial charge is 0.377 e. The van der Waals surface area contributed by atoms with Gasteiger partial charge in [0.15, 0.2) is 0 Å². The van der Waals surface area contributed by atoms with Crippen molar-refractivity contribution in [2.75, 3.05) is 5.32 Å². The van der Waals surface area contributed by atoms with Gasteiger partial charge in [0.25, 0.3) is 0 Å². The van der Waals surface area contributed by atoms with Crippen LogP contribution in [-0.4, -0.2) is 0 Å². The fraction of sp³-hybridized carbons (Fsp3) is 0.143. The van der Waals surface area contributed by atoms with E-state index in [2.05, 4.69) is 21.2 Å². The first-order chi connectivity index (χ1) is 8.66. The number of fused-ring (bicyclic) bond motifs is 1. The van der Waals surface area contributed by atoms with Crippen molar-refractivity contribution < 1.29 is 8.78 Å². The highest BCUT2D eigenvalue weighted by Crippen LogP contribution is 2.37. The average Bonchev–Trinajstić information content (AvgIpc) is 2.77. The molecule has 0 saturated heterocycles. The zero-order valence-electron chi connectivity index (χ0n) is 9.38. The van der Waals surface area contributed by atoms with E-state index < -0.39 is 11.6 Å². The molecule has 0 spiro atoms. The summed E-state index contributed by atoms with van der Waals surface area (Å²) in [6.07, 6.45) is 0.598. The van der Waals surface area contributed by atoms with E-state index in [1.54, 1.807) is 0 Å². The molecule has 0 amide bonds. The third-order valence-electron chi connectivity index (χ3n) is 3.20. The molecule has 2 aromatic rings. The fourth-order valence-electron chi connectivity index (χ4n) is 2.33. The van der Waals surface area contributed by atoms with E-state index in [0.717, 1.165) is 11.3 Å². The van der Waals surface area contributed by atoms with Gasteiger partial charge in [-0.05, 0) is 46.1 Å². The standard InChI is InChI=1S/C14H10BrF2N/c15-9-5-6-10(16)13(14(9)17)12-7-8-3-1-2-4-11(8)18-12/h1-6,12,18H,7H2. The zero-order valence-corrected chi connectivity index (χ0v) is 11.0. The molecule has 3 rings (SSSR count). The van der Waals surface area contributed by atoms with E-state index >= 15 is 0 Å². The Morgan fingerprint density at radius 1 is 1.11 bits per heavy atom. The van der Waals surface area contributed by atoms with Crippen LogP contribution in [-0.2, 0) is 6.42 Å². The van der Waals surface area contributed by atoms with E-state index in [4.69, 9.17) is 0 Å². The first-order valence-corrected chi connectivity index (χ1v) is 6.44. The van der Waals surface area contributed by atoms with Crippen LogP contribution in [0, 0.1) is 11.6 Å². The Bertz CT molecular complexity index is 588. The van der Waals surface area contributed by atoms with Crippen LogP contribution < -0.4 is 5.32 Å². The normalized spacial score (nSPS) is 17.4. The lowest BCUT2D eigenvalue weighted by atomic mass is 10.0. The number of hydrogen-bond donors (Lipinski definition) is 1. The van der Waals surface area contributed by atoms with Crippen LogP contribution >= 0.6 is 15.9 Å². The molecule has 0 saturated carbocycles. The first kappa shape index (κ1) is 11.7. The fourth-order valence-corrected chi connectivity index (χ4v) is 2.68. The van der Waals surface area contributed by atoms with Crippen molar-refractivity contribution >= 4 is 21.6 Å². The summed E-state index contributed by atoms with van der Waals surface area (Å²) in [7, 11) is 0. The van der Waals surface area contributed by atoms with Crippen LogP contribution in [0.3, 0.4) is 0 Å². The van der Waals surface area contributed by atoms with E-state index in [1.165, 1.54) is 12.1 Å². The highest BCUT2D eigenvalue weighted by molar-refractivity contribution is 9.10. The van der Waals surface area contributed by atoms with Crippen molar-refractivity contribution in [3.05, 3.63) is 63.6 Å². The van der Waals surface area contributed by atoms with Crippen LogP contribution in [0.2, 0.25) is 0 Å². The molecule has 1 aliphatic rings. The van der Waals surface area contributed by atoms with Gasteiger partial charge in [-0.3, -0.25) is 0 Å². The Kier molecular flexibility index (Phi) is 2.82. The van der Waals surface area contributed by atoms with Crippen molar-refractivity contribution in [2.45, 2.75) is 12.5 Å². The van der Waals surface area contributed by atoms with Gasteiger partial charge in [-0.25, -0.2) is 8.78 Å². The molecule has 0 aromatic heterocycles. The molecular formula is C14H10BrF2N. The molecular weight excluding hydrogens is 300 g/mol. The lowest BCUT2D eigenvalue weighted by Gasteiger charge is -2.14. The quantitative estimate of drug-likeness (QED) is 0.768. The highest BCUT2D eigenvalue weighted by atomic mass is 79.9. The average molecular weight is 310 g/mol. The Morgan fingerprint density at radius 2 is 1.89 bits per heavy atom. The topological polar surface area (TPSA) is 12.0 Å². The monoisotopic (exact) mass is 309 g/mol. The van der Waals surface area contributed by atoms with E-state index in [-0.39, 0.29) is 16.1 Å². The van der Waals surface area contributed by atoms with Crippen molar-refractivity contribution in [1.29, 1.82) is 0 Å². The minimum atomic E-state index is -0.527. The van der Waals surface area contributed by atoms with Gasteiger partial charge < -0.3 is 5.32 Å². The van der Waals surface area contributed by atoms with Gasteiger partial charge in [0.1, 0.15) is 11.6 Å². The second-order valence-corrected chi connectivity index (χ2v) is 5.17. The van der Waals surface area contributed by atoms with Crippen molar-refractivity contribution in [3.8, 4) is 0 Å². The Hall–Kier alpha value is -1.42. The molecule has 2 aromatic carbocycles. The van der Waals surface area contributed by atoms with Gasteiger partial charge in [-0.15, -0.1) is 0 Å². The Balaban J connectivity index is 2.02. The third kappa shape index (κ3) is 1.81. The summed E-state index contributed by atoms with van der Waals surface area (Å²) >= 11 is 3.09. The number of para-hydroxylation sites is 1. The number of rotatable bonds is 1. The summed E-state index contributed by atoms with van der Waals surface area (Å²) < 4.78 is 28.1. The zero-order chi connectivity index (χ0) is 12.7. The molecule has 18 heavy (non-hydrogen) atoms. The molecule has 0 aliphatic carbocycles. The summed E-state index contributed by atoms with van der Waals surface area (Å²) in [6.45, 7) is 0. The maximum atomic E-state index is 14.0. The molecule has 92 valence electrons. The van der Waals surface area contributed by atoms with Crippen LogP contribution in [0.4, 0.5) is 14.5 Å². The van der Waals surface area contributed by atoms with Gasteiger partial charge in [0, 0.05) is 11.3 Å². The van der Waals surface area contributed by atoms with Crippen molar-refractivity contribution in [3.63, 3.8) is 0 Å². The van der Waals surface area contributed by atoms with Crippen molar-refractivity contribution in [1.82, 2.24) is 0 Å². The third-order valence-corrected chi connectivity index (χ3v) is 3.81. The summed E-state index contributed by atoms with van der Waals surface area (Å²) in [5.74, 6) is -1.04. The molecule has 1 heterocycles. The number of benzene rings is 2. The van der Waals surface area contributed by atoms with Crippen LogP contribution in [0.1, 0.15) is 17.2 Å². The van der Waals surface area contributed by atoms with Gasteiger partial charge in [-0.1, -0.05) is 18.2 Å². The maximum absolute atomic E-state index is 14.0. The molecule has 0 radical (unpaired) electrons. The van der Waals surface area contributed by atoms with Crippen LogP contribution in [0.15, 0.2) is 40.9 Å². The Morgan fingerprint density at radius 3 is 2.67 bits per heavy atom. The summed E-state index contributed by atoms with van der Waals surface area (Å²) in [6, 6.07) is 10.0. The highest BCUT2D eigenvalue weighted by Gasteiger charge is 2.27. The van der Waals surface area contributed by atoms with Gasteiger partial charge in [-0.2, -0.15) is 0 Å². The van der Waals surface area contributed by atoms with E-state index in [0.29, 0.717) is 6.42 Å². The van der Waals surface area contributed by atoms with E-state index in [1.807, 2.05) is 24.3 Å². The molecule has 1 unspecified atom stereocenters. The predicted molar refractivity (Wildman–Crippen MR) is 70.6 cm³/mol. The maximum Gasteiger partial charge on any atom is 0.145 e. The summed E-state index contributed by atoms with van der Waals surface area (Å²) in [5.41, 5.74) is 2.13. The van der Waals surface area contributed by atoms with Gasteiger partial charge in [0.05, 0.1) is 10.5 Å². The smallest absolute Gasteiger partial charge is 0.145 e. The molecule has 4 heteroatoms. The molecule has 0 fully saturated rings. The lowest BCUT2D eigenvalue weighted by molar-refractivity contribution is 0.535. The molecule has 1 nitrogen and oxygen atoms in total. The minimum absolute atomic E-state index is 0.0978. The SMILES string of the molecule is Fc1ccc(Br)c(F)c1C1Cc2ccccc2N1. The number of anilines is 1. The molecule has 1 N–H and O–H groups in total.